The molecule has 3 rings (SSSR count). The van der Waals surface area contributed by atoms with E-state index < -0.39 is 0 Å². The van der Waals surface area contributed by atoms with Crippen molar-refractivity contribution in [3.63, 3.8) is 0 Å². The summed E-state index contributed by atoms with van der Waals surface area (Å²) in [5.74, 6) is -0.354. The summed E-state index contributed by atoms with van der Waals surface area (Å²) in [6, 6.07) is 8.74. The number of carbonyl (C=O) groups excluding carboxylic acids is 1. The van der Waals surface area contributed by atoms with Crippen LogP contribution in [0.5, 0.6) is 0 Å². The van der Waals surface area contributed by atoms with Crippen molar-refractivity contribution >= 4 is 62.0 Å². The molecule has 0 spiro atoms. The van der Waals surface area contributed by atoms with Crippen molar-refractivity contribution < 1.29 is 4.79 Å². The van der Waals surface area contributed by atoms with Crippen LogP contribution in [0.3, 0.4) is 0 Å². The molecule has 112 valence electrons. The summed E-state index contributed by atoms with van der Waals surface area (Å²) in [6.07, 6.45) is 0. The number of amides is 1. The fourth-order valence-electron chi connectivity index (χ4n) is 2.05. The number of hydrogen-bond acceptors (Lipinski definition) is 4. The molecule has 0 saturated carbocycles. The van der Waals surface area contributed by atoms with Crippen molar-refractivity contribution in [1.82, 2.24) is 4.98 Å². The first kappa shape index (κ1) is 15.1. The zero-order chi connectivity index (χ0) is 15.9. The Bertz CT molecular complexity index is 872. The standard InChI is InChI=1S/C15H11Cl2N3OS/c1-7-5-6-8-11(18)13(22-15(8)19-7)14(21)20-12-9(16)3-2-4-10(12)17/h2-6H,18H2,1H3,(H,20,21). The van der Waals surface area contributed by atoms with Gasteiger partial charge >= 0.3 is 0 Å². The topological polar surface area (TPSA) is 68.0 Å². The van der Waals surface area contributed by atoms with Gasteiger partial charge in [0.1, 0.15) is 9.71 Å². The van der Waals surface area contributed by atoms with Gasteiger partial charge in [-0.15, -0.1) is 11.3 Å². The Morgan fingerprint density at radius 1 is 1.23 bits per heavy atom. The molecule has 1 aromatic carbocycles. The first-order valence-corrected chi connectivity index (χ1v) is 7.95. The second-order valence-electron chi connectivity index (χ2n) is 4.70. The van der Waals surface area contributed by atoms with Gasteiger partial charge < -0.3 is 11.1 Å². The van der Waals surface area contributed by atoms with Gasteiger partial charge in [0.2, 0.25) is 0 Å². The molecule has 2 heterocycles. The second kappa shape index (κ2) is 5.76. The smallest absolute Gasteiger partial charge is 0.268 e. The number of nitrogen functional groups attached to an aromatic ring is 1. The van der Waals surface area contributed by atoms with Gasteiger partial charge in [-0.2, -0.15) is 0 Å². The Morgan fingerprint density at radius 2 is 1.91 bits per heavy atom. The fraction of sp³-hybridized carbons (Fsp3) is 0.0667. The Kier molecular flexibility index (Phi) is 3.95. The van der Waals surface area contributed by atoms with Gasteiger partial charge in [-0.25, -0.2) is 4.98 Å². The molecule has 0 aliphatic carbocycles. The molecule has 1 amide bonds. The zero-order valence-electron chi connectivity index (χ0n) is 11.5. The summed E-state index contributed by atoms with van der Waals surface area (Å²) < 4.78 is 0. The number of anilines is 2. The number of aryl methyl sites for hydroxylation is 1. The summed E-state index contributed by atoms with van der Waals surface area (Å²) in [7, 11) is 0. The van der Waals surface area contributed by atoms with Crippen molar-refractivity contribution in [3.05, 3.63) is 50.9 Å². The van der Waals surface area contributed by atoms with Gasteiger partial charge in [-0.3, -0.25) is 4.79 Å². The Labute approximate surface area is 140 Å². The summed E-state index contributed by atoms with van der Waals surface area (Å²) >= 11 is 13.4. The number of carbonyl (C=O) groups is 1. The maximum Gasteiger partial charge on any atom is 0.268 e. The van der Waals surface area contributed by atoms with E-state index in [-0.39, 0.29) is 5.91 Å². The third kappa shape index (κ3) is 2.63. The zero-order valence-corrected chi connectivity index (χ0v) is 13.8. The van der Waals surface area contributed by atoms with Gasteiger partial charge in [0.15, 0.2) is 0 Å². The molecule has 3 aromatic rings. The maximum atomic E-state index is 12.5. The summed E-state index contributed by atoms with van der Waals surface area (Å²) in [6.45, 7) is 1.89. The predicted octanol–water partition coefficient (Wildman–Crippen LogP) is 4.75. The minimum Gasteiger partial charge on any atom is -0.397 e. The third-order valence-corrected chi connectivity index (χ3v) is 4.88. The van der Waals surface area contributed by atoms with Gasteiger partial charge in [-0.1, -0.05) is 29.3 Å². The summed E-state index contributed by atoms with van der Waals surface area (Å²) in [5, 5.41) is 4.22. The van der Waals surface area contributed by atoms with Gasteiger partial charge in [0, 0.05) is 11.1 Å². The SMILES string of the molecule is Cc1ccc2c(N)c(C(=O)Nc3c(Cl)cccc3Cl)sc2n1. The highest BCUT2D eigenvalue weighted by molar-refractivity contribution is 7.21. The molecule has 0 atom stereocenters. The number of rotatable bonds is 2. The molecule has 0 radical (unpaired) electrons. The lowest BCUT2D eigenvalue weighted by atomic mass is 10.2. The first-order valence-electron chi connectivity index (χ1n) is 6.38. The Morgan fingerprint density at radius 3 is 2.59 bits per heavy atom. The van der Waals surface area contributed by atoms with Crippen LogP contribution in [0, 0.1) is 6.92 Å². The van der Waals surface area contributed by atoms with E-state index in [1.807, 2.05) is 19.1 Å². The van der Waals surface area contributed by atoms with Crippen LogP contribution in [0.2, 0.25) is 10.0 Å². The number of halogens is 2. The molecule has 2 aromatic heterocycles. The molecule has 0 saturated heterocycles. The molecule has 0 bridgehead atoms. The molecule has 7 heteroatoms. The number of benzene rings is 1. The van der Waals surface area contributed by atoms with Crippen LogP contribution in [0.1, 0.15) is 15.4 Å². The molecule has 0 unspecified atom stereocenters. The lowest BCUT2D eigenvalue weighted by molar-refractivity contribution is 0.103. The van der Waals surface area contributed by atoms with E-state index in [1.54, 1.807) is 18.2 Å². The third-order valence-electron chi connectivity index (χ3n) is 3.14. The number of nitrogens with one attached hydrogen (secondary N) is 1. The maximum absolute atomic E-state index is 12.5. The Balaban J connectivity index is 2.01. The molecule has 0 aliphatic heterocycles. The van der Waals surface area contributed by atoms with Crippen LogP contribution in [0.4, 0.5) is 11.4 Å². The summed E-state index contributed by atoms with van der Waals surface area (Å²) in [5.41, 5.74) is 7.72. The van der Waals surface area contributed by atoms with Crippen LogP contribution in [-0.2, 0) is 0 Å². The second-order valence-corrected chi connectivity index (χ2v) is 6.51. The van der Waals surface area contributed by atoms with Crippen LogP contribution >= 0.6 is 34.5 Å². The van der Waals surface area contributed by atoms with Gasteiger partial charge in [-0.05, 0) is 31.2 Å². The number of para-hydroxylation sites is 1. The van der Waals surface area contributed by atoms with Crippen molar-refractivity contribution in [2.24, 2.45) is 0 Å². The normalized spacial score (nSPS) is 10.9. The number of nitrogens with two attached hydrogens (primary N) is 1. The van der Waals surface area contributed by atoms with Gasteiger partial charge in [0.05, 0.1) is 21.4 Å². The number of aromatic nitrogens is 1. The van der Waals surface area contributed by atoms with E-state index in [0.29, 0.717) is 26.3 Å². The molecule has 22 heavy (non-hydrogen) atoms. The average molecular weight is 352 g/mol. The van der Waals surface area contributed by atoms with E-state index in [2.05, 4.69) is 10.3 Å². The highest BCUT2D eigenvalue weighted by Gasteiger charge is 2.19. The summed E-state index contributed by atoms with van der Waals surface area (Å²) in [4.78, 5) is 18.0. The molecule has 0 fully saturated rings. The quantitative estimate of drug-likeness (QED) is 0.700. The molecular formula is C15H11Cl2N3OS. The van der Waals surface area contributed by atoms with Gasteiger partial charge in [0.25, 0.3) is 5.91 Å². The monoisotopic (exact) mass is 351 g/mol. The van der Waals surface area contributed by atoms with E-state index in [9.17, 15) is 4.79 Å². The Hall–Kier alpha value is -1.82. The van der Waals surface area contributed by atoms with E-state index >= 15 is 0 Å². The number of thiophene rings is 1. The highest BCUT2D eigenvalue weighted by Crippen LogP contribution is 2.35. The molecule has 4 nitrogen and oxygen atoms in total. The van der Waals surface area contributed by atoms with Crippen molar-refractivity contribution in [2.45, 2.75) is 6.92 Å². The van der Waals surface area contributed by atoms with Crippen LogP contribution in [-0.4, -0.2) is 10.9 Å². The number of pyridine rings is 1. The number of fused-ring (bicyclic) bond motifs is 1. The first-order chi connectivity index (χ1) is 10.5. The lowest BCUT2D eigenvalue weighted by Crippen LogP contribution is -2.12. The van der Waals surface area contributed by atoms with Crippen LogP contribution in [0.25, 0.3) is 10.2 Å². The van der Waals surface area contributed by atoms with E-state index in [4.69, 9.17) is 28.9 Å². The van der Waals surface area contributed by atoms with Crippen LogP contribution in [0.15, 0.2) is 30.3 Å². The molecule has 0 aliphatic rings. The van der Waals surface area contributed by atoms with Crippen molar-refractivity contribution in [1.29, 1.82) is 0 Å². The molecule has 3 N–H and O–H groups in total. The minimum atomic E-state index is -0.354. The molecular weight excluding hydrogens is 341 g/mol. The average Bonchev–Trinajstić information content (AvgIpc) is 2.79. The van der Waals surface area contributed by atoms with E-state index in [1.165, 1.54) is 11.3 Å². The number of nitrogens with zero attached hydrogens (tertiary/aromatic N) is 1. The van der Waals surface area contributed by atoms with Crippen molar-refractivity contribution in [3.8, 4) is 0 Å². The predicted molar refractivity (Wildman–Crippen MR) is 93.2 cm³/mol. The minimum absolute atomic E-state index is 0.354. The van der Waals surface area contributed by atoms with Crippen LogP contribution < -0.4 is 11.1 Å². The largest absolute Gasteiger partial charge is 0.397 e. The van der Waals surface area contributed by atoms with E-state index in [0.717, 1.165) is 15.9 Å². The number of hydrogen-bond donors (Lipinski definition) is 2. The highest BCUT2D eigenvalue weighted by atomic mass is 35.5. The lowest BCUT2D eigenvalue weighted by Gasteiger charge is -2.08. The van der Waals surface area contributed by atoms with Crippen molar-refractivity contribution in [2.75, 3.05) is 11.1 Å². The fourth-order valence-corrected chi connectivity index (χ4v) is 3.57.